The van der Waals surface area contributed by atoms with Crippen molar-refractivity contribution in [2.24, 2.45) is 0 Å². The van der Waals surface area contributed by atoms with E-state index in [0.29, 0.717) is 19.6 Å². The van der Waals surface area contributed by atoms with Crippen LogP contribution in [-0.2, 0) is 9.59 Å². The maximum absolute atomic E-state index is 12.3. The lowest BCUT2D eigenvalue weighted by Crippen LogP contribution is -2.49. The number of carbonyl (C=O) groups is 2. The smallest absolute Gasteiger partial charge is 0.238 e. The minimum absolute atomic E-state index is 0.0282. The van der Waals surface area contributed by atoms with E-state index >= 15 is 0 Å². The molecule has 2 amide bonds. The Balaban J connectivity index is 1.47. The Bertz CT molecular complexity index is 788. The number of amides is 2. The molecular formula is C20H22BrN3O2S. The molecule has 1 saturated heterocycles. The first-order chi connectivity index (χ1) is 13.0. The number of halogens is 1. The second kappa shape index (κ2) is 9.39. The Labute approximate surface area is 172 Å². The van der Waals surface area contributed by atoms with Crippen molar-refractivity contribution < 1.29 is 9.59 Å². The largest absolute Gasteiger partial charge is 0.340 e. The summed E-state index contributed by atoms with van der Waals surface area (Å²) in [7, 11) is 0. The summed E-state index contributed by atoms with van der Waals surface area (Å²) < 4.78 is 1.06. The molecule has 0 unspecified atom stereocenters. The molecule has 2 aromatic carbocycles. The van der Waals surface area contributed by atoms with Gasteiger partial charge in [0.15, 0.2) is 0 Å². The van der Waals surface area contributed by atoms with Gasteiger partial charge in [0.1, 0.15) is 0 Å². The Morgan fingerprint density at radius 3 is 2.07 bits per heavy atom. The average molecular weight is 448 g/mol. The Morgan fingerprint density at radius 2 is 1.52 bits per heavy atom. The van der Waals surface area contributed by atoms with Crippen LogP contribution in [0.4, 0.5) is 5.69 Å². The molecular weight excluding hydrogens is 426 g/mol. The number of anilines is 1. The number of nitrogens with one attached hydrogen (secondary N) is 1. The molecule has 0 saturated carbocycles. The first-order valence-electron chi connectivity index (χ1n) is 8.81. The Morgan fingerprint density at radius 1 is 0.963 bits per heavy atom. The highest BCUT2D eigenvalue weighted by Gasteiger charge is 2.20. The quantitative estimate of drug-likeness (QED) is 0.758. The van der Waals surface area contributed by atoms with E-state index in [1.165, 1.54) is 4.90 Å². The molecule has 1 aliphatic heterocycles. The Kier molecular flexibility index (Phi) is 6.93. The molecule has 0 aromatic heterocycles. The van der Waals surface area contributed by atoms with Crippen molar-refractivity contribution in [3.8, 4) is 0 Å². The van der Waals surface area contributed by atoms with Crippen LogP contribution in [0.15, 0.2) is 62.8 Å². The first-order valence-corrected chi connectivity index (χ1v) is 10.4. The highest BCUT2D eigenvalue weighted by Crippen LogP contribution is 2.29. The van der Waals surface area contributed by atoms with Gasteiger partial charge in [0.25, 0.3) is 0 Å². The van der Waals surface area contributed by atoms with Crippen LogP contribution in [-0.4, -0.2) is 54.3 Å². The van der Waals surface area contributed by atoms with Crippen molar-refractivity contribution in [2.45, 2.75) is 16.7 Å². The lowest BCUT2D eigenvalue weighted by atomic mass is 10.3. The molecule has 1 N–H and O–H groups in total. The number of benzene rings is 2. The van der Waals surface area contributed by atoms with Crippen LogP contribution in [0.25, 0.3) is 0 Å². The zero-order chi connectivity index (χ0) is 19.2. The number of carbonyl (C=O) groups excluding carboxylic acids is 2. The van der Waals surface area contributed by atoms with Gasteiger partial charge in [-0.05, 0) is 48.5 Å². The van der Waals surface area contributed by atoms with Crippen molar-refractivity contribution in [1.29, 1.82) is 0 Å². The molecule has 1 heterocycles. The van der Waals surface area contributed by atoms with Gasteiger partial charge in [-0.25, -0.2) is 0 Å². The van der Waals surface area contributed by atoms with Crippen molar-refractivity contribution in [3.63, 3.8) is 0 Å². The third-order valence-electron chi connectivity index (χ3n) is 4.37. The molecule has 3 rings (SSSR count). The topological polar surface area (TPSA) is 52.7 Å². The van der Waals surface area contributed by atoms with Crippen LogP contribution < -0.4 is 5.32 Å². The molecule has 1 aliphatic rings. The molecule has 2 aromatic rings. The normalized spacial score (nSPS) is 14.8. The molecule has 142 valence electrons. The van der Waals surface area contributed by atoms with E-state index in [9.17, 15) is 9.59 Å². The third kappa shape index (κ3) is 6.09. The zero-order valence-electron chi connectivity index (χ0n) is 15.2. The van der Waals surface area contributed by atoms with Crippen molar-refractivity contribution in [2.75, 3.05) is 38.0 Å². The van der Waals surface area contributed by atoms with E-state index in [0.717, 1.165) is 28.1 Å². The standard InChI is InChI=1S/C20H22BrN3O2S/c1-15(25)24-12-10-23(11-13-24)14-20(26)22-17-4-8-19(9-5-17)27-18-6-2-16(21)3-7-18/h2-9H,10-14H2,1H3,(H,22,26). The number of hydrogen-bond donors (Lipinski definition) is 1. The van der Waals surface area contributed by atoms with Crippen LogP contribution in [0, 0.1) is 0 Å². The number of hydrogen-bond acceptors (Lipinski definition) is 4. The van der Waals surface area contributed by atoms with Gasteiger partial charge >= 0.3 is 0 Å². The summed E-state index contributed by atoms with van der Waals surface area (Å²) in [6.45, 7) is 4.77. The van der Waals surface area contributed by atoms with Gasteiger partial charge in [0.2, 0.25) is 11.8 Å². The summed E-state index contributed by atoms with van der Waals surface area (Å²) in [6.07, 6.45) is 0. The molecule has 27 heavy (non-hydrogen) atoms. The number of rotatable bonds is 5. The molecule has 0 radical (unpaired) electrons. The fraction of sp³-hybridized carbons (Fsp3) is 0.300. The summed E-state index contributed by atoms with van der Waals surface area (Å²) in [5, 5.41) is 2.95. The lowest BCUT2D eigenvalue weighted by molar-refractivity contribution is -0.130. The van der Waals surface area contributed by atoms with E-state index in [-0.39, 0.29) is 11.8 Å². The fourth-order valence-corrected chi connectivity index (χ4v) is 3.95. The van der Waals surface area contributed by atoms with Crippen molar-refractivity contribution in [1.82, 2.24) is 9.80 Å². The van der Waals surface area contributed by atoms with E-state index in [1.807, 2.05) is 41.3 Å². The highest BCUT2D eigenvalue weighted by atomic mass is 79.9. The molecule has 5 nitrogen and oxygen atoms in total. The average Bonchev–Trinajstić information content (AvgIpc) is 2.65. The SMILES string of the molecule is CC(=O)N1CCN(CC(=O)Nc2ccc(Sc3ccc(Br)cc3)cc2)CC1. The van der Waals surface area contributed by atoms with Crippen LogP contribution in [0.1, 0.15) is 6.92 Å². The van der Waals surface area contributed by atoms with E-state index < -0.39 is 0 Å². The number of nitrogens with zero attached hydrogens (tertiary/aromatic N) is 2. The van der Waals surface area contributed by atoms with Crippen molar-refractivity contribution >= 4 is 45.2 Å². The maximum Gasteiger partial charge on any atom is 0.238 e. The lowest BCUT2D eigenvalue weighted by Gasteiger charge is -2.33. The zero-order valence-corrected chi connectivity index (χ0v) is 17.6. The summed E-state index contributed by atoms with van der Waals surface area (Å²) in [6, 6.07) is 16.0. The van der Waals surface area contributed by atoms with Crippen LogP contribution in [0.3, 0.4) is 0 Å². The second-order valence-corrected chi connectivity index (χ2v) is 8.47. The van der Waals surface area contributed by atoms with Gasteiger partial charge in [-0.3, -0.25) is 14.5 Å². The van der Waals surface area contributed by atoms with E-state index in [2.05, 4.69) is 38.3 Å². The molecule has 1 fully saturated rings. The van der Waals surface area contributed by atoms with Gasteiger partial charge in [0.05, 0.1) is 6.54 Å². The van der Waals surface area contributed by atoms with Gasteiger partial charge in [0, 0.05) is 53.1 Å². The fourth-order valence-electron chi connectivity index (χ4n) is 2.87. The Hall–Kier alpha value is -1.83. The van der Waals surface area contributed by atoms with Crippen LogP contribution in [0.5, 0.6) is 0 Å². The summed E-state index contributed by atoms with van der Waals surface area (Å²) in [5.41, 5.74) is 0.794. The molecule has 0 bridgehead atoms. The molecule has 0 spiro atoms. The summed E-state index contributed by atoms with van der Waals surface area (Å²) >= 11 is 5.12. The second-order valence-electron chi connectivity index (χ2n) is 6.41. The van der Waals surface area contributed by atoms with E-state index in [1.54, 1.807) is 18.7 Å². The van der Waals surface area contributed by atoms with Crippen LogP contribution >= 0.6 is 27.7 Å². The number of piperazine rings is 1. The highest BCUT2D eigenvalue weighted by molar-refractivity contribution is 9.10. The van der Waals surface area contributed by atoms with Crippen molar-refractivity contribution in [3.05, 3.63) is 53.0 Å². The van der Waals surface area contributed by atoms with Gasteiger partial charge < -0.3 is 10.2 Å². The van der Waals surface area contributed by atoms with Gasteiger partial charge in [-0.15, -0.1) is 0 Å². The minimum Gasteiger partial charge on any atom is -0.340 e. The predicted molar refractivity (Wildman–Crippen MR) is 112 cm³/mol. The van der Waals surface area contributed by atoms with E-state index in [4.69, 9.17) is 0 Å². The van der Waals surface area contributed by atoms with Gasteiger partial charge in [-0.1, -0.05) is 27.7 Å². The summed E-state index contributed by atoms with van der Waals surface area (Å²) in [4.78, 5) is 29.8. The minimum atomic E-state index is -0.0282. The third-order valence-corrected chi connectivity index (χ3v) is 5.92. The maximum atomic E-state index is 12.3. The van der Waals surface area contributed by atoms with Crippen LogP contribution in [0.2, 0.25) is 0 Å². The molecule has 0 atom stereocenters. The van der Waals surface area contributed by atoms with Gasteiger partial charge in [-0.2, -0.15) is 0 Å². The molecule has 0 aliphatic carbocycles. The predicted octanol–water partition coefficient (Wildman–Crippen LogP) is 3.70. The monoisotopic (exact) mass is 447 g/mol. The first kappa shape index (κ1) is 19.9. The molecule has 7 heteroatoms. The summed E-state index contributed by atoms with van der Waals surface area (Å²) in [5.74, 6) is 0.0692.